The minimum Gasteiger partial charge on any atom is -0.493 e. The molecule has 0 bridgehead atoms. The normalized spacial score (nSPS) is 11.1. The predicted molar refractivity (Wildman–Crippen MR) is 96.6 cm³/mol. The molecular formula is C19H17ClF3NO4. The summed E-state index contributed by atoms with van der Waals surface area (Å²) in [6.07, 6.45) is -4.80. The van der Waals surface area contributed by atoms with Gasteiger partial charge in [0.2, 0.25) is 5.78 Å². The van der Waals surface area contributed by atoms with Crippen LogP contribution in [0.1, 0.15) is 16.7 Å². The Bertz CT molecular complexity index is 884. The minimum absolute atomic E-state index is 0.170. The molecule has 0 unspecified atom stereocenters. The average molecular weight is 416 g/mol. The molecule has 2 rings (SSSR count). The van der Waals surface area contributed by atoms with Crippen LogP contribution in [-0.4, -0.2) is 25.9 Å². The van der Waals surface area contributed by atoms with Crippen molar-refractivity contribution in [3.63, 3.8) is 0 Å². The largest absolute Gasteiger partial charge is 0.493 e. The van der Waals surface area contributed by atoms with Crippen LogP contribution >= 0.6 is 11.6 Å². The van der Waals surface area contributed by atoms with Crippen LogP contribution in [-0.2, 0) is 28.7 Å². The van der Waals surface area contributed by atoms with Gasteiger partial charge in [-0.25, -0.2) is 0 Å². The van der Waals surface area contributed by atoms with E-state index in [1.54, 1.807) is 18.2 Å². The SMILES string of the molecule is COc1ccc(CC(=O)C(=O)NCc2ccc(Cl)c(C(F)(F)F)c2)cc1OC. The molecule has 0 spiro atoms. The summed E-state index contributed by atoms with van der Waals surface area (Å²) in [6.45, 7) is -0.239. The van der Waals surface area contributed by atoms with Crippen molar-refractivity contribution in [2.24, 2.45) is 0 Å². The van der Waals surface area contributed by atoms with Gasteiger partial charge >= 0.3 is 6.18 Å². The van der Waals surface area contributed by atoms with Gasteiger partial charge in [-0.2, -0.15) is 13.2 Å². The van der Waals surface area contributed by atoms with E-state index in [2.05, 4.69) is 5.32 Å². The fourth-order valence-corrected chi connectivity index (χ4v) is 2.66. The Morgan fingerprint density at radius 3 is 2.25 bits per heavy atom. The van der Waals surface area contributed by atoms with Crippen molar-refractivity contribution in [3.05, 3.63) is 58.1 Å². The zero-order valence-electron chi connectivity index (χ0n) is 15.0. The topological polar surface area (TPSA) is 64.6 Å². The van der Waals surface area contributed by atoms with Gasteiger partial charge in [0.1, 0.15) is 0 Å². The number of methoxy groups -OCH3 is 2. The molecule has 2 aromatic rings. The number of ketones is 1. The van der Waals surface area contributed by atoms with Crippen molar-refractivity contribution in [1.29, 1.82) is 0 Å². The molecule has 0 aliphatic heterocycles. The fourth-order valence-electron chi connectivity index (χ4n) is 2.44. The van der Waals surface area contributed by atoms with Gasteiger partial charge < -0.3 is 14.8 Å². The summed E-state index contributed by atoms with van der Waals surface area (Å²) in [6, 6.07) is 8.06. The summed E-state index contributed by atoms with van der Waals surface area (Å²) in [4.78, 5) is 24.1. The van der Waals surface area contributed by atoms with E-state index >= 15 is 0 Å². The third-order valence-electron chi connectivity index (χ3n) is 3.86. The highest BCUT2D eigenvalue weighted by atomic mass is 35.5. The second kappa shape index (κ2) is 8.97. The van der Waals surface area contributed by atoms with E-state index in [1.165, 1.54) is 20.3 Å². The lowest BCUT2D eigenvalue weighted by molar-refractivity contribution is -0.137. The molecule has 0 radical (unpaired) electrons. The summed E-state index contributed by atoms with van der Waals surface area (Å²) in [5.74, 6) is -0.754. The number of carbonyl (C=O) groups excluding carboxylic acids is 2. The van der Waals surface area contributed by atoms with Gasteiger partial charge in [-0.05, 0) is 35.4 Å². The van der Waals surface area contributed by atoms with E-state index in [-0.39, 0.29) is 18.5 Å². The molecule has 1 amide bonds. The Morgan fingerprint density at radius 1 is 1.00 bits per heavy atom. The van der Waals surface area contributed by atoms with Crippen molar-refractivity contribution >= 4 is 23.3 Å². The van der Waals surface area contributed by atoms with Crippen LogP contribution in [0, 0.1) is 0 Å². The lowest BCUT2D eigenvalue weighted by Gasteiger charge is -2.12. The van der Waals surface area contributed by atoms with Gasteiger partial charge in [0.25, 0.3) is 5.91 Å². The quantitative estimate of drug-likeness (QED) is 0.698. The average Bonchev–Trinajstić information content (AvgIpc) is 2.65. The molecule has 0 fully saturated rings. The third kappa shape index (κ3) is 5.39. The number of benzene rings is 2. The first-order valence-electron chi connectivity index (χ1n) is 8.03. The molecule has 0 saturated heterocycles. The van der Waals surface area contributed by atoms with E-state index < -0.39 is 28.5 Å². The van der Waals surface area contributed by atoms with E-state index in [1.807, 2.05) is 0 Å². The number of halogens is 4. The smallest absolute Gasteiger partial charge is 0.417 e. The van der Waals surface area contributed by atoms with Gasteiger partial charge in [0.05, 0.1) is 24.8 Å². The summed E-state index contributed by atoms with van der Waals surface area (Å²) in [5, 5.41) is 1.88. The minimum atomic E-state index is -4.61. The maximum absolute atomic E-state index is 12.9. The van der Waals surface area contributed by atoms with Gasteiger partial charge in [-0.1, -0.05) is 23.7 Å². The van der Waals surface area contributed by atoms with Crippen LogP contribution in [0.3, 0.4) is 0 Å². The standard InChI is InChI=1S/C19H17ClF3NO4/c1-27-16-6-4-11(9-17(16)28-2)8-15(25)18(26)24-10-12-3-5-14(20)13(7-12)19(21,22)23/h3-7,9H,8,10H2,1-2H3,(H,24,26). The van der Waals surface area contributed by atoms with E-state index in [0.29, 0.717) is 17.1 Å². The number of amides is 1. The van der Waals surface area contributed by atoms with Crippen LogP contribution in [0.5, 0.6) is 11.5 Å². The first kappa shape index (κ1) is 21.6. The second-order valence-corrected chi connectivity index (χ2v) is 6.19. The fraction of sp³-hybridized carbons (Fsp3) is 0.263. The summed E-state index contributed by atoms with van der Waals surface area (Å²) in [7, 11) is 2.91. The zero-order valence-corrected chi connectivity index (χ0v) is 15.8. The lowest BCUT2D eigenvalue weighted by atomic mass is 10.1. The van der Waals surface area contributed by atoms with Gasteiger partial charge in [-0.15, -0.1) is 0 Å². The molecule has 28 heavy (non-hydrogen) atoms. The molecule has 0 heterocycles. The van der Waals surface area contributed by atoms with Crippen molar-refractivity contribution in [2.45, 2.75) is 19.1 Å². The molecule has 0 saturated carbocycles. The molecule has 0 aliphatic carbocycles. The molecule has 0 atom stereocenters. The zero-order chi connectivity index (χ0) is 20.9. The van der Waals surface area contributed by atoms with Crippen LogP contribution in [0.2, 0.25) is 5.02 Å². The van der Waals surface area contributed by atoms with Crippen LogP contribution in [0.4, 0.5) is 13.2 Å². The first-order chi connectivity index (χ1) is 13.2. The van der Waals surface area contributed by atoms with Crippen LogP contribution < -0.4 is 14.8 Å². The number of alkyl halides is 3. The third-order valence-corrected chi connectivity index (χ3v) is 4.18. The Hall–Kier alpha value is -2.74. The number of Topliss-reactive ketones (excluding diaryl/α,β-unsaturated/α-hetero) is 1. The predicted octanol–water partition coefficient (Wildman–Crippen LogP) is 3.80. The molecule has 0 aromatic heterocycles. The van der Waals surface area contributed by atoms with Crippen molar-refractivity contribution in [3.8, 4) is 11.5 Å². The molecule has 2 aromatic carbocycles. The van der Waals surface area contributed by atoms with Gasteiger partial charge in [-0.3, -0.25) is 9.59 Å². The molecule has 150 valence electrons. The summed E-state index contributed by atoms with van der Waals surface area (Å²) < 4.78 is 48.8. The molecule has 9 heteroatoms. The van der Waals surface area contributed by atoms with Crippen LogP contribution in [0.15, 0.2) is 36.4 Å². The van der Waals surface area contributed by atoms with Crippen molar-refractivity contribution in [1.82, 2.24) is 5.32 Å². The maximum atomic E-state index is 12.9. The van der Waals surface area contributed by atoms with E-state index in [4.69, 9.17) is 21.1 Å². The maximum Gasteiger partial charge on any atom is 0.417 e. The first-order valence-corrected chi connectivity index (χ1v) is 8.41. The Labute approximate surface area is 164 Å². The highest BCUT2D eigenvalue weighted by Crippen LogP contribution is 2.35. The number of carbonyl (C=O) groups is 2. The number of ether oxygens (including phenoxy) is 2. The van der Waals surface area contributed by atoms with Crippen LogP contribution in [0.25, 0.3) is 0 Å². The molecular weight excluding hydrogens is 399 g/mol. The summed E-state index contributed by atoms with van der Waals surface area (Å²) in [5.41, 5.74) is -0.301. The number of hydrogen-bond donors (Lipinski definition) is 1. The van der Waals surface area contributed by atoms with Gasteiger partial charge in [0.15, 0.2) is 11.5 Å². The summed E-state index contributed by atoms with van der Waals surface area (Å²) >= 11 is 5.55. The highest BCUT2D eigenvalue weighted by Gasteiger charge is 2.33. The highest BCUT2D eigenvalue weighted by molar-refractivity contribution is 6.36. The molecule has 5 nitrogen and oxygen atoms in total. The number of hydrogen-bond acceptors (Lipinski definition) is 4. The van der Waals surface area contributed by atoms with Crippen molar-refractivity contribution < 1.29 is 32.2 Å². The Kier molecular flexibility index (Phi) is 6.90. The lowest BCUT2D eigenvalue weighted by Crippen LogP contribution is -2.31. The Morgan fingerprint density at radius 2 is 1.64 bits per heavy atom. The Balaban J connectivity index is 2.01. The molecule has 1 N–H and O–H groups in total. The van der Waals surface area contributed by atoms with Crippen molar-refractivity contribution in [2.75, 3.05) is 14.2 Å². The number of nitrogens with one attached hydrogen (secondary N) is 1. The van der Waals surface area contributed by atoms with E-state index in [0.717, 1.165) is 12.1 Å². The second-order valence-electron chi connectivity index (χ2n) is 5.78. The van der Waals surface area contributed by atoms with E-state index in [9.17, 15) is 22.8 Å². The molecule has 0 aliphatic rings. The number of rotatable bonds is 7. The monoisotopic (exact) mass is 415 g/mol. The van der Waals surface area contributed by atoms with Gasteiger partial charge in [0, 0.05) is 13.0 Å².